The Bertz CT molecular complexity index is 271. The normalized spacial score (nSPS) is 38.5. The average Bonchev–Trinajstić information content (AvgIpc) is 2.87. The molecule has 2 nitrogen and oxygen atoms in total. The molecular formula is C16H32N2S. The largest absolute Gasteiger partial charge is 0.311 e. The third-order valence-electron chi connectivity index (χ3n) is 5.21. The summed E-state index contributed by atoms with van der Waals surface area (Å²) in [6, 6.07) is 2.28. The van der Waals surface area contributed by atoms with Crippen LogP contribution in [0.3, 0.4) is 0 Å². The SMILES string of the molecule is CCSC1CCC(N2CC(C(C)CC)NCC2C)C1. The summed E-state index contributed by atoms with van der Waals surface area (Å²) in [5, 5.41) is 4.69. The predicted octanol–water partition coefficient (Wildman–Crippen LogP) is 3.37. The monoisotopic (exact) mass is 284 g/mol. The van der Waals surface area contributed by atoms with Crippen molar-refractivity contribution in [3.63, 3.8) is 0 Å². The van der Waals surface area contributed by atoms with E-state index in [1.165, 1.54) is 44.5 Å². The maximum Gasteiger partial charge on any atom is 0.0221 e. The van der Waals surface area contributed by atoms with Crippen molar-refractivity contribution >= 4 is 11.8 Å². The molecule has 19 heavy (non-hydrogen) atoms. The summed E-state index contributed by atoms with van der Waals surface area (Å²) in [6.07, 6.45) is 5.58. The summed E-state index contributed by atoms with van der Waals surface area (Å²) in [5.41, 5.74) is 0. The Morgan fingerprint density at radius 1 is 1.32 bits per heavy atom. The van der Waals surface area contributed by atoms with Crippen LogP contribution in [-0.4, -0.2) is 47.1 Å². The number of hydrogen-bond donors (Lipinski definition) is 1. The molecule has 1 saturated heterocycles. The minimum Gasteiger partial charge on any atom is -0.311 e. The Kier molecular flexibility index (Phi) is 6.04. The second kappa shape index (κ2) is 7.33. The van der Waals surface area contributed by atoms with Gasteiger partial charge in [0, 0.05) is 36.5 Å². The van der Waals surface area contributed by atoms with E-state index in [2.05, 4.69) is 49.7 Å². The number of hydrogen-bond acceptors (Lipinski definition) is 3. The molecule has 0 radical (unpaired) electrons. The third kappa shape index (κ3) is 3.89. The molecule has 0 bridgehead atoms. The van der Waals surface area contributed by atoms with E-state index in [0.717, 1.165) is 23.3 Å². The van der Waals surface area contributed by atoms with Gasteiger partial charge in [-0.05, 0) is 37.9 Å². The van der Waals surface area contributed by atoms with Crippen molar-refractivity contribution in [3.8, 4) is 0 Å². The quantitative estimate of drug-likeness (QED) is 0.833. The van der Waals surface area contributed by atoms with E-state index >= 15 is 0 Å². The van der Waals surface area contributed by atoms with Gasteiger partial charge >= 0.3 is 0 Å². The highest BCUT2D eigenvalue weighted by molar-refractivity contribution is 7.99. The minimum absolute atomic E-state index is 0.707. The summed E-state index contributed by atoms with van der Waals surface area (Å²) in [5.74, 6) is 2.08. The van der Waals surface area contributed by atoms with Gasteiger partial charge < -0.3 is 5.32 Å². The Morgan fingerprint density at radius 2 is 2.11 bits per heavy atom. The van der Waals surface area contributed by atoms with E-state index < -0.39 is 0 Å². The van der Waals surface area contributed by atoms with Crippen LogP contribution in [0.25, 0.3) is 0 Å². The van der Waals surface area contributed by atoms with Crippen LogP contribution in [0.2, 0.25) is 0 Å². The molecule has 0 aromatic heterocycles. The number of nitrogens with one attached hydrogen (secondary N) is 1. The second-order valence-electron chi connectivity index (χ2n) is 6.49. The molecule has 0 aromatic rings. The van der Waals surface area contributed by atoms with Crippen LogP contribution in [0, 0.1) is 5.92 Å². The molecule has 1 heterocycles. The number of thioether (sulfide) groups is 1. The van der Waals surface area contributed by atoms with E-state index in [1.807, 2.05) is 0 Å². The lowest BCUT2D eigenvalue weighted by Crippen LogP contribution is -2.59. The molecule has 112 valence electrons. The van der Waals surface area contributed by atoms with Crippen LogP contribution < -0.4 is 5.32 Å². The molecule has 1 saturated carbocycles. The van der Waals surface area contributed by atoms with E-state index in [4.69, 9.17) is 0 Å². The summed E-state index contributed by atoms with van der Waals surface area (Å²) >= 11 is 2.18. The zero-order valence-corrected chi connectivity index (χ0v) is 14.0. The van der Waals surface area contributed by atoms with E-state index in [1.54, 1.807) is 0 Å². The average molecular weight is 285 g/mol. The van der Waals surface area contributed by atoms with Crippen molar-refractivity contribution in [2.45, 2.75) is 76.8 Å². The van der Waals surface area contributed by atoms with Gasteiger partial charge in [-0.3, -0.25) is 4.90 Å². The van der Waals surface area contributed by atoms with Crippen LogP contribution >= 0.6 is 11.8 Å². The van der Waals surface area contributed by atoms with Crippen LogP contribution in [0.1, 0.15) is 53.4 Å². The van der Waals surface area contributed by atoms with Crippen LogP contribution in [-0.2, 0) is 0 Å². The van der Waals surface area contributed by atoms with Crippen molar-refractivity contribution in [1.82, 2.24) is 10.2 Å². The highest BCUT2D eigenvalue weighted by Gasteiger charge is 2.36. The molecule has 2 aliphatic rings. The standard InChI is InChI=1S/C16H32N2S/c1-5-12(3)16-11-18(13(4)10-17-16)14-7-8-15(9-14)19-6-2/h12-17H,5-11H2,1-4H3. The van der Waals surface area contributed by atoms with Gasteiger partial charge in [0.05, 0.1) is 0 Å². The van der Waals surface area contributed by atoms with Crippen molar-refractivity contribution in [2.24, 2.45) is 5.92 Å². The molecule has 2 rings (SSSR count). The van der Waals surface area contributed by atoms with Gasteiger partial charge in [-0.1, -0.05) is 27.2 Å². The lowest BCUT2D eigenvalue weighted by molar-refractivity contribution is 0.0774. The molecule has 3 heteroatoms. The first-order valence-corrected chi connectivity index (χ1v) is 9.31. The summed E-state index contributed by atoms with van der Waals surface area (Å²) in [4.78, 5) is 2.82. The molecule has 5 atom stereocenters. The molecule has 0 aromatic carbocycles. The maximum atomic E-state index is 3.76. The minimum atomic E-state index is 0.707. The second-order valence-corrected chi connectivity index (χ2v) is 8.07. The van der Waals surface area contributed by atoms with E-state index in [0.29, 0.717) is 6.04 Å². The van der Waals surface area contributed by atoms with Crippen LogP contribution in [0.5, 0.6) is 0 Å². The number of nitrogens with zero attached hydrogens (tertiary/aromatic N) is 1. The fraction of sp³-hybridized carbons (Fsp3) is 1.00. The Balaban J connectivity index is 1.90. The Hall–Kier alpha value is 0.270. The van der Waals surface area contributed by atoms with E-state index in [-0.39, 0.29) is 0 Å². The molecule has 0 spiro atoms. The van der Waals surface area contributed by atoms with Gasteiger partial charge in [-0.25, -0.2) is 0 Å². The van der Waals surface area contributed by atoms with Gasteiger partial charge in [0.15, 0.2) is 0 Å². The smallest absolute Gasteiger partial charge is 0.0221 e. The highest BCUT2D eigenvalue weighted by atomic mass is 32.2. The van der Waals surface area contributed by atoms with E-state index in [9.17, 15) is 0 Å². The number of rotatable bonds is 5. The third-order valence-corrected chi connectivity index (χ3v) is 6.44. The van der Waals surface area contributed by atoms with Gasteiger partial charge in [0.1, 0.15) is 0 Å². The Labute approximate surface area is 124 Å². The molecule has 0 amide bonds. The predicted molar refractivity (Wildman–Crippen MR) is 87.0 cm³/mol. The van der Waals surface area contributed by atoms with Gasteiger partial charge in [-0.15, -0.1) is 0 Å². The first-order chi connectivity index (χ1) is 9.15. The van der Waals surface area contributed by atoms with Crippen LogP contribution in [0.4, 0.5) is 0 Å². The summed E-state index contributed by atoms with van der Waals surface area (Å²) in [7, 11) is 0. The first-order valence-electron chi connectivity index (χ1n) is 8.26. The molecule has 2 fully saturated rings. The fourth-order valence-corrected chi connectivity index (χ4v) is 4.82. The zero-order valence-electron chi connectivity index (χ0n) is 13.2. The molecule has 1 N–H and O–H groups in total. The highest BCUT2D eigenvalue weighted by Crippen LogP contribution is 2.34. The molecular weight excluding hydrogens is 252 g/mol. The van der Waals surface area contributed by atoms with Gasteiger partial charge in [0.25, 0.3) is 0 Å². The maximum absolute atomic E-state index is 3.76. The summed E-state index contributed by atoms with van der Waals surface area (Å²) < 4.78 is 0. The summed E-state index contributed by atoms with van der Waals surface area (Å²) in [6.45, 7) is 11.9. The number of piperazine rings is 1. The fourth-order valence-electron chi connectivity index (χ4n) is 3.69. The molecule has 1 aliphatic heterocycles. The lowest BCUT2D eigenvalue weighted by Gasteiger charge is -2.44. The van der Waals surface area contributed by atoms with Crippen molar-refractivity contribution in [2.75, 3.05) is 18.8 Å². The van der Waals surface area contributed by atoms with Gasteiger partial charge in [-0.2, -0.15) is 11.8 Å². The van der Waals surface area contributed by atoms with Crippen molar-refractivity contribution < 1.29 is 0 Å². The lowest BCUT2D eigenvalue weighted by atomic mass is 9.94. The van der Waals surface area contributed by atoms with Gasteiger partial charge in [0.2, 0.25) is 0 Å². The first kappa shape index (κ1) is 15.7. The zero-order chi connectivity index (χ0) is 13.8. The van der Waals surface area contributed by atoms with Crippen molar-refractivity contribution in [1.29, 1.82) is 0 Å². The van der Waals surface area contributed by atoms with Crippen molar-refractivity contribution in [3.05, 3.63) is 0 Å². The molecule has 5 unspecified atom stereocenters. The molecule has 1 aliphatic carbocycles. The topological polar surface area (TPSA) is 15.3 Å². The van der Waals surface area contributed by atoms with Crippen LogP contribution in [0.15, 0.2) is 0 Å². The Morgan fingerprint density at radius 3 is 2.79 bits per heavy atom.